The molecular weight excluding hydrogens is 250 g/mol. The third-order valence-corrected chi connectivity index (χ3v) is 3.25. The molecule has 16 heavy (non-hydrogen) atoms. The van der Waals surface area contributed by atoms with Gasteiger partial charge >= 0.3 is 5.97 Å². The second-order valence-corrected chi connectivity index (χ2v) is 5.37. The maximum Gasteiger partial charge on any atom is 0.338 e. The molecule has 1 unspecified atom stereocenters. The Hall–Kier alpha value is -0.620. The van der Waals surface area contributed by atoms with Gasteiger partial charge in [0.15, 0.2) is 5.60 Å². The first-order valence-corrected chi connectivity index (χ1v) is 5.91. The minimum atomic E-state index is -1.50. The summed E-state index contributed by atoms with van der Waals surface area (Å²) in [5.41, 5.74) is -1.50. The summed E-state index contributed by atoms with van der Waals surface area (Å²) < 4.78 is 5.19. The molecule has 4 nitrogen and oxygen atoms in total. The Morgan fingerprint density at radius 1 is 1.69 bits per heavy atom. The van der Waals surface area contributed by atoms with Gasteiger partial charge in [-0.05, 0) is 19.1 Å². The van der Waals surface area contributed by atoms with Crippen LogP contribution in [0.4, 0.5) is 0 Å². The number of ether oxygens (including phenoxy) is 1. The van der Waals surface area contributed by atoms with Gasteiger partial charge in [-0.2, -0.15) is 0 Å². The van der Waals surface area contributed by atoms with Crippen LogP contribution in [0.25, 0.3) is 0 Å². The lowest BCUT2D eigenvalue weighted by Gasteiger charge is -2.20. The zero-order chi connectivity index (χ0) is 12.2. The second kappa shape index (κ2) is 5.63. The quantitative estimate of drug-likeness (QED) is 0.789. The summed E-state index contributed by atoms with van der Waals surface area (Å²) in [6.45, 7) is 2.10. The van der Waals surface area contributed by atoms with Crippen LogP contribution in [0, 0.1) is 0 Å². The highest BCUT2D eigenvalue weighted by molar-refractivity contribution is 7.16. The monoisotopic (exact) mass is 263 g/mol. The number of hydrogen-bond donors (Lipinski definition) is 2. The van der Waals surface area contributed by atoms with Crippen LogP contribution in [0.3, 0.4) is 0 Å². The summed E-state index contributed by atoms with van der Waals surface area (Å²) in [7, 11) is 1.25. The first-order chi connectivity index (χ1) is 7.45. The lowest BCUT2D eigenvalue weighted by atomic mass is 10.1. The molecule has 1 rings (SSSR count). The molecule has 0 aliphatic carbocycles. The van der Waals surface area contributed by atoms with E-state index in [1.807, 2.05) is 12.1 Å². The maximum atomic E-state index is 11.1. The largest absolute Gasteiger partial charge is 0.467 e. The van der Waals surface area contributed by atoms with Gasteiger partial charge in [0.2, 0.25) is 0 Å². The average molecular weight is 264 g/mol. The van der Waals surface area contributed by atoms with Gasteiger partial charge in [-0.25, -0.2) is 4.79 Å². The number of thiophene rings is 1. The number of rotatable bonds is 5. The molecule has 90 valence electrons. The summed E-state index contributed by atoms with van der Waals surface area (Å²) >= 11 is 7.23. The molecule has 0 aromatic carbocycles. The Balaban J connectivity index is 2.38. The predicted octanol–water partition coefficient (Wildman–Crippen LogP) is 1.42. The second-order valence-electron chi connectivity index (χ2n) is 3.57. The highest BCUT2D eigenvalue weighted by Gasteiger charge is 2.30. The normalized spacial score (nSPS) is 14.5. The van der Waals surface area contributed by atoms with Crippen molar-refractivity contribution in [2.45, 2.75) is 19.1 Å². The van der Waals surface area contributed by atoms with Gasteiger partial charge in [0.25, 0.3) is 0 Å². The molecule has 0 spiro atoms. The average Bonchev–Trinajstić information content (AvgIpc) is 2.62. The van der Waals surface area contributed by atoms with Crippen molar-refractivity contribution in [3.8, 4) is 0 Å². The molecule has 0 fully saturated rings. The van der Waals surface area contributed by atoms with Crippen molar-refractivity contribution in [2.24, 2.45) is 0 Å². The summed E-state index contributed by atoms with van der Waals surface area (Å²) in [6.07, 6.45) is 0. The van der Waals surface area contributed by atoms with E-state index < -0.39 is 11.6 Å². The standard InChI is InChI=1S/C10H14ClNO3S/c1-10(14,9(13)15-2)6-12-5-7-3-4-8(11)16-7/h3-4,12,14H,5-6H2,1-2H3. The highest BCUT2D eigenvalue weighted by Crippen LogP contribution is 2.21. The number of esters is 1. The van der Waals surface area contributed by atoms with Crippen LogP contribution in [0.5, 0.6) is 0 Å². The smallest absolute Gasteiger partial charge is 0.338 e. The third-order valence-electron chi connectivity index (χ3n) is 2.02. The van der Waals surface area contributed by atoms with Crippen molar-refractivity contribution in [1.29, 1.82) is 0 Å². The van der Waals surface area contributed by atoms with Crippen molar-refractivity contribution in [2.75, 3.05) is 13.7 Å². The number of methoxy groups -OCH3 is 1. The number of carbonyl (C=O) groups excluding carboxylic acids is 1. The fourth-order valence-electron chi connectivity index (χ4n) is 1.17. The molecule has 1 heterocycles. The Kier molecular flexibility index (Phi) is 4.73. The molecule has 6 heteroatoms. The minimum Gasteiger partial charge on any atom is -0.467 e. The molecule has 0 amide bonds. The SMILES string of the molecule is COC(=O)C(C)(O)CNCc1ccc(Cl)s1. The number of carbonyl (C=O) groups is 1. The van der Waals surface area contributed by atoms with Crippen molar-refractivity contribution in [1.82, 2.24) is 5.32 Å². The molecule has 1 atom stereocenters. The van der Waals surface area contributed by atoms with Gasteiger partial charge < -0.3 is 15.2 Å². The number of hydrogen-bond acceptors (Lipinski definition) is 5. The van der Waals surface area contributed by atoms with Crippen LogP contribution in [0.15, 0.2) is 12.1 Å². The van der Waals surface area contributed by atoms with Gasteiger partial charge in [0.1, 0.15) is 0 Å². The highest BCUT2D eigenvalue weighted by atomic mass is 35.5. The lowest BCUT2D eigenvalue weighted by Crippen LogP contribution is -2.45. The van der Waals surface area contributed by atoms with Crippen LogP contribution in [0.2, 0.25) is 4.34 Å². The molecule has 0 aliphatic heterocycles. The Bertz CT molecular complexity index is 365. The summed E-state index contributed by atoms with van der Waals surface area (Å²) in [4.78, 5) is 12.2. The first kappa shape index (κ1) is 13.4. The van der Waals surface area contributed by atoms with E-state index in [4.69, 9.17) is 11.6 Å². The summed E-state index contributed by atoms with van der Waals surface area (Å²) in [6, 6.07) is 3.70. The Labute approximate surface area is 103 Å². The Morgan fingerprint density at radius 2 is 2.38 bits per heavy atom. The molecule has 0 radical (unpaired) electrons. The van der Waals surface area contributed by atoms with Crippen molar-refractivity contribution >= 4 is 28.9 Å². The van der Waals surface area contributed by atoms with E-state index in [0.29, 0.717) is 6.54 Å². The number of aliphatic hydroxyl groups is 1. The van der Waals surface area contributed by atoms with Gasteiger partial charge in [-0.1, -0.05) is 11.6 Å². The molecule has 0 saturated heterocycles. The number of halogens is 1. The molecule has 0 bridgehead atoms. The fourth-order valence-corrected chi connectivity index (χ4v) is 2.23. The van der Waals surface area contributed by atoms with Crippen molar-refractivity contribution in [3.05, 3.63) is 21.3 Å². The van der Waals surface area contributed by atoms with Gasteiger partial charge in [0, 0.05) is 18.0 Å². The minimum absolute atomic E-state index is 0.134. The molecule has 1 aromatic rings. The van der Waals surface area contributed by atoms with Crippen molar-refractivity contribution < 1.29 is 14.6 Å². The van der Waals surface area contributed by atoms with Gasteiger partial charge in [-0.3, -0.25) is 0 Å². The van der Waals surface area contributed by atoms with E-state index in [0.717, 1.165) is 9.21 Å². The molecule has 2 N–H and O–H groups in total. The topological polar surface area (TPSA) is 58.6 Å². The zero-order valence-electron chi connectivity index (χ0n) is 9.12. The first-order valence-electron chi connectivity index (χ1n) is 4.71. The maximum absolute atomic E-state index is 11.1. The lowest BCUT2D eigenvalue weighted by molar-refractivity contribution is -0.159. The molecule has 0 saturated carbocycles. The van der Waals surface area contributed by atoms with Gasteiger partial charge in [-0.15, -0.1) is 11.3 Å². The van der Waals surface area contributed by atoms with Crippen LogP contribution < -0.4 is 5.32 Å². The van der Waals surface area contributed by atoms with Crippen molar-refractivity contribution in [3.63, 3.8) is 0 Å². The van der Waals surface area contributed by atoms with E-state index in [-0.39, 0.29) is 6.54 Å². The van der Waals surface area contributed by atoms with E-state index in [2.05, 4.69) is 10.1 Å². The third kappa shape index (κ3) is 3.75. The van der Waals surface area contributed by atoms with E-state index >= 15 is 0 Å². The predicted molar refractivity (Wildman–Crippen MR) is 63.7 cm³/mol. The molecule has 1 aromatic heterocycles. The zero-order valence-corrected chi connectivity index (χ0v) is 10.7. The van der Waals surface area contributed by atoms with Crippen LogP contribution in [-0.4, -0.2) is 30.3 Å². The van der Waals surface area contributed by atoms with E-state index in [1.54, 1.807) is 0 Å². The van der Waals surface area contributed by atoms with Crippen LogP contribution in [-0.2, 0) is 16.1 Å². The van der Waals surface area contributed by atoms with E-state index in [1.165, 1.54) is 25.4 Å². The fraction of sp³-hybridized carbons (Fsp3) is 0.500. The number of nitrogens with one attached hydrogen (secondary N) is 1. The van der Waals surface area contributed by atoms with Crippen LogP contribution >= 0.6 is 22.9 Å². The Morgan fingerprint density at radius 3 is 2.88 bits per heavy atom. The summed E-state index contributed by atoms with van der Waals surface area (Å²) in [5.74, 6) is -0.649. The molecule has 0 aliphatic rings. The summed E-state index contributed by atoms with van der Waals surface area (Å²) in [5, 5.41) is 12.7. The van der Waals surface area contributed by atoms with E-state index in [9.17, 15) is 9.90 Å². The van der Waals surface area contributed by atoms with Crippen LogP contribution in [0.1, 0.15) is 11.8 Å². The molecular formula is C10H14ClNO3S. The van der Waals surface area contributed by atoms with Gasteiger partial charge in [0.05, 0.1) is 11.4 Å².